The molecule has 0 amide bonds. The van der Waals surface area contributed by atoms with Gasteiger partial charge in [-0.05, 0) is 58.9 Å². The minimum Gasteiger partial charge on any atom is -0.491 e. The molecule has 3 aromatic rings. The molecular weight excluding hydrogens is 440 g/mol. The van der Waals surface area contributed by atoms with Gasteiger partial charge in [0.2, 0.25) is 0 Å². The molecule has 0 spiro atoms. The van der Waals surface area contributed by atoms with Crippen LogP contribution in [0, 0.1) is 6.92 Å². The number of carbonyl (C=O) groups is 1. The van der Waals surface area contributed by atoms with Crippen LogP contribution in [0.15, 0.2) is 60.7 Å². The van der Waals surface area contributed by atoms with Gasteiger partial charge in [-0.15, -0.1) is 0 Å². The van der Waals surface area contributed by atoms with Gasteiger partial charge in [0.05, 0.1) is 6.61 Å². The van der Waals surface area contributed by atoms with E-state index >= 15 is 0 Å². The Morgan fingerprint density at radius 2 is 1.66 bits per heavy atom. The molecule has 0 aliphatic heterocycles. The third kappa shape index (κ3) is 5.99. The van der Waals surface area contributed by atoms with Crippen LogP contribution in [0.4, 0.5) is 0 Å². The third-order valence-electron chi connectivity index (χ3n) is 6.35. The smallest absolute Gasteiger partial charge is 0.333 e. The standard InChI is InChI=1S/C30H32O5/c1-4-21-6-9-23-10-11-24-17-20(2)5-14-26(24)29(27(23)18-21)35-16-15-34-25-12-7-22(8-13-25)19-28(33-3)30(31)32/h5-14,17-18,28-29H,4,15-16,19H2,1-3H3,(H,31,32). The molecule has 4 rings (SSSR count). The number of hydrogen-bond acceptors (Lipinski definition) is 4. The Morgan fingerprint density at radius 1 is 0.914 bits per heavy atom. The van der Waals surface area contributed by atoms with Crippen molar-refractivity contribution in [3.63, 3.8) is 0 Å². The highest BCUT2D eigenvalue weighted by atomic mass is 16.5. The van der Waals surface area contributed by atoms with E-state index in [0.717, 1.165) is 17.5 Å². The number of aryl methyl sites for hydroxylation is 2. The summed E-state index contributed by atoms with van der Waals surface area (Å²) in [4.78, 5) is 11.2. The SMILES string of the molecule is CCc1ccc2c(c1)C(OCCOc1ccc(CC(OC)C(=O)O)cc1)c1ccc(C)cc1C=C2. The topological polar surface area (TPSA) is 65.0 Å². The van der Waals surface area contributed by atoms with Crippen molar-refractivity contribution >= 4 is 18.1 Å². The monoisotopic (exact) mass is 472 g/mol. The van der Waals surface area contributed by atoms with Crippen LogP contribution in [0.2, 0.25) is 0 Å². The third-order valence-corrected chi connectivity index (χ3v) is 6.35. The summed E-state index contributed by atoms with van der Waals surface area (Å²) in [5.41, 5.74) is 8.08. The minimum atomic E-state index is -0.969. The van der Waals surface area contributed by atoms with Gasteiger partial charge in [-0.2, -0.15) is 0 Å². The molecular formula is C30H32O5. The van der Waals surface area contributed by atoms with Gasteiger partial charge in [-0.25, -0.2) is 4.79 Å². The van der Waals surface area contributed by atoms with Crippen LogP contribution in [0.25, 0.3) is 12.2 Å². The molecule has 0 bridgehead atoms. The summed E-state index contributed by atoms with van der Waals surface area (Å²) >= 11 is 0. The van der Waals surface area contributed by atoms with Crippen molar-refractivity contribution in [2.24, 2.45) is 0 Å². The van der Waals surface area contributed by atoms with Crippen molar-refractivity contribution in [1.29, 1.82) is 0 Å². The molecule has 3 aromatic carbocycles. The largest absolute Gasteiger partial charge is 0.491 e. The first-order valence-electron chi connectivity index (χ1n) is 12.0. The van der Waals surface area contributed by atoms with Crippen LogP contribution in [0.3, 0.4) is 0 Å². The number of rotatable bonds is 10. The van der Waals surface area contributed by atoms with Gasteiger partial charge in [0, 0.05) is 13.5 Å². The van der Waals surface area contributed by atoms with Crippen molar-refractivity contribution in [3.8, 4) is 5.75 Å². The van der Waals surface area contributed by atoms with E-state index in [1.807, 2.05) is 24.3 Å². The van der Waals surface area contributed by atoms with Gasteiger partial charge in [0.25, 0.3) is 0 Å². The Bertz CT molecular complexity index is 1200. The van der Waals surface area contributed by atoms with Gasteiger partial charge < -0.3 is 19.3 Å². The molecule has 5 heteroatoms. The molecule has 0 aromatic heterocycles. The zero-order chi connectivity index (χ0) is 24.8. The lowest BCUT2D eigenvalue weighted by atomic mass is 9.93. The summed E-state index contributed by atoms with van der Waals surface area (Å²) in [6.07, 6.45) is 4.60. The molecule has 2 unspecified atom stereocenters. The molecule has 182 valence electrons. The van der Waals surface area contributed by atoms with Crippen LogP contribution in [-0.2, 0) is 27.1 Å². The maximum absolute atomic E-state index is 11.2. The molecule has 5 nitrogen and oxygen atoms in total. The van der Waals surface area contributed by atoms with E-state index in [9.17, 15) is 4.79 Å². The van der Waals surface area contributed by atoms with Gasteiger partial charge in [0.1, 0.15) is 18.5 Å². The number of carboxylic acid groups (broad SMARTS) is 1. The van der Waals surface area contributed by atoms with E-state index in [1.165, 1.54) is 34.9 Å². The summed E-state index contributed by atoms with van der Waals surface area (Å²) in [6, 6.07) is 20.5. The van der Waals surface area contributed by atoms with E-state index in [2.05, 4.69) is 62.4 Å². The Labute approximate surface area is 207 Å². The Balaban J connectivity index is 1.43. The van der Waals surface area contributed by atoms with Crippen molar-refractivity contribution in [1.82, 2.24) is 0 Å². The lowest BCUT2D eigenvalue weighted by Gasteiger charge is -2.22. The summed E-state index contributed by atoms with van der Waals surface area (Å²) in [7, 11) is 1.40. The predicted octanol–water partition coefficient (Wildman–Crippen LogP) is 5.87. The Hall–Kier alpha value is -3.41. The normalized spacial score (nSPS) is 15.1. The van der Waals surface area contributed by atoms with E-state index in [4.69, 9.17) is 19.3 Å². The molecule has 0 saturated carbocycles. The van der Waals surface area contributed by atoms with Gasteiger partial charge in [-0.1, -0.05) is 73.2 Å². The van der Waals surface area contributed by atoms with Gasteiger partial charge in [-0.3, -0.25) is 0 Å². The first-order chi connectivity index (χ1) is 17.0. The van der Waals surface area contributed by atoms with Gasteiger partial charge in [0.15, 0.2) is 6.10 Å². The highest BCUT2D eigenvalue weighted by Gasteiger charge is 2.23. The molecule has 1 aliphatic rings. The molecule has 0 saturated heterocycles. The molecule has 1 N–H and O–H groups in total. The molecule has 1 aliphatic carbocycles. The predicted molar refractivity (Wildman–Crippen MR) is 138 cm³/mol. The maximum Gasteiger partial charge on any atom is 0.333 e. The zero-order valence-corrected chi connectivity index (χ0v) is 20.5. The van der Waals surface area contributed by atoms with Crippen molar-refractivity contribution in [2.75, 3.05) is 20.3 Å². The molecule has 0 fully saturated rings. The first kappa shape index (κ1) is 24.7. The quantitative estimate of drug-likeness (QED) is 0.374. The van der Waals surface area contributed by atoms with Crippen LogP contribution in [-0.4, -0.2) is 37.5 Å². The van der Waals surface area contributed by atoms with E-state index < -0.39 is 12.1 Å². The van der Waals surface area contributed by atoms with E-state index in [1.54, 1.807) is 0 Å². The summed E-state index contributed by atoms with van der Waals surface area (Å²) < 4.78 is 17.4. The highest BCUT2D eigenvalue weighted by Crippen LogP contribution is 2.36. The average Bonchev–Trinajstić information content (AvgIpc) is 3.01. The fraction of sp³-hybridized carbons (Fsp3) is 0.300. The van der Waals surface area contributed by atoms with Crippen molar-refractivity contribution in [2.45, 2.75) is 38.9 Å². The number of hydrogen-bond donors (Lipinski definition) is 1. The fourth-order valence-corrected chi connectivity index (χ4v) is 4.36. The highest BCUT2D eigenvalue weighted by molar-refractivity contribution is 5.76. The molecule has 0 heterocycles. The van der Waals surface area contributed by atoms with Crippen molar-refractivity contribution < 1.29 is 24.1 Å². The average molecular weight is 473 g/mol. The van der Waals surface area contributed by atoms with Crippen LogP contribution < -0.4 is 4.74 Å². The van der Waals surface area contributed by atoms with Gasteiger partial charge >= 0.3 is 5.97 Å². The number of fused-ring (bicyclic) bond motifs is 2. The zero-order valence-electron chi connectivity index (χ0n) is 20.5. The van der Waals surface area contributed by atoms with Crippen LogP contribution >= 0.6 is 0 Å². The second-order valence-electron chi connectivity index (χ2n) is 8.79. The summed E-state index contributed by atoms with van der Waals surface area (Å²) in [6.45, 7) is 5.11. The second kappa shape index (κ2) is 11.3. The number of ether oxygens (including phenoxy) is 3. The number of aliphatic carboxylic acids is 1. The van der Waals surface area contributed by atoms with Crippen molar-refractivity contribution in [3.05, 3.63) is 99.6 Å². The van der Waals surface area contributed by atoms with Crippen LogP contribution in [0.1, 0.15) is 52.0 Å². The molecule has 2 atom stereocenters. The van der Waals surface area contributed by atoms with Crippen LogP contribution in [0.5, 0.6) is 5.75 Å². The fourth-order valence-electron chi connectivity index (χ4n) is 4.36. The Kier molecular flexibility index (Phi) is 8.01. The second-order valence-corrected chi connectivity index (χ2v) is 8.79. The summed E-state index contributed by atoms with van der Waals surface area (Å²) in [5.74, 6) is -0.253. The minimum absolute atomic E-state index is 0.171. The lowest BCUT2D eigenvalue weighted by molar-refractivity contribution is -0.148. The van der Waals surface area contributed by atoms with E-state index in [-0.39, 0.29) is 6.10 Å². The number of carboxylic acids is 1. The summed E-state index contributed by atoms with van der Waals surface area (Å²) in [5, 5.41) is 9.16. The number of benzene rings is 3. The van der Waals surface area contributed by atoms with E-state index in [0.29, 0.717) is 25.4 Å². The molecule has 0 radical (unpaired) electrons. The maximum atomic E-state index is 11.2. The first-order valence-corrected chi connectivity index (χ1v) is 12.0. The number of methoxy groups -OCH3 is 1. The lowest BCUT2D eigenvalue weighted by Crippen LogP contribution is -2.24. The molecule has 35 heavy (non-hydrogen) atoms. The Morgan fingerprint density at radius 3 is 2.37 bits per heavy atom.